The second-order valence-corrected chi connectivity index (χ2v) is 6.77. The Morgan fingerprint density at radius 2 is 2.28 bits per heavy atom. The molecule has 18 heavy (non-hydrogen) atoms. The molecule has 4 heteroatoms. The van der Waals surface area contributed by atoms with Crippen LogP contribution in [0.4, 0.5) is 0 Å². The first-order chi connectivity index (χ1) is 8.78. The van der Waals surface area contributed by atoms with Crippen LogP contribution < -0.4 is 5.32 Å². The highest BCUT2D eigenvalue weighted by Gasteiger charge is 2.15. The van der Waals surface area contributed by atoms with Crippen molar-refractivity contribution in [1.82, 2.24) is 10.2 Å². The maximum atomic E-state index is 5.93. The van der Waals surface area contributed by atoms with Gasteiger partial charge in [0.2, 0.25) is 0 Å². The lowest BCUT2D eigenvalue weighted by Gasteiger charge is -2.18. The molecule has 1 aromatic rings. The number of thiophene rings is 1. The number of rotatable bonds is 5. The number of hydrogen-bond acceptors (Lipinski definition) is 3. The van der Waals surface area contributed by atoms with Gasteiger partial charge in [-0.25, -0.2) is 0 Å². The van der Waals surface area contributed by atoms with Crippen LogP contribution in [0.1, 0.15) is 31.1 Å². The molecule has 1 atom stereocenters. The van der Waals surface area contributed by atoms with Crippen LogP contribution in [-0.4, -0.2) is 37.1 Å². The van der Waals surface area contributed by atoms with Crippen molar-refractivity contribution in [2.75, 3.05) is 26.2 Å². The molecule has 0 saturated carbocycles. The Hall–Kier alpha value is -0.0900. The molecule has 2 heterocycles. The third-order valence-corrected chi connectivity index (χ3v) is 4.99. The Balaban J connectivity index is 1.67. The van der Waals surface area contributed by atoms with Crippen molar-refractivity contribution in [3.05, 3.63) is 21.3 Å². The molecular formula is C14H23ClN2S. The van der Waals surface area contributed by atoms with Crippen molar-refractivity contribution >= 4 is 22.9 Å². The van der Waals surface area contributed by atoms with E-state index < -0.39 is 0 Å². The molecule has 0 aromatic carbocycles. The lowest BCUT2D eigenvalue weighted by Crippen LogP contribution is -2.32. The van der Waals surface area contributed by atoms with E-state index in [9.17, 15) is 0 Å². The highest BCUT2D eigenvalue weighted by Crippen LogP contribution is 2.21. The van der Waals surface area contributed by atoms with E-state index in [2.05, 4.69) is 23.2 Å². The van der Waals surface area contributed by atoms with E-state index in [4.69, 9.17) is 11.6 Å². The molecular weight excluding hydrogens is 264 g/mol. The van der Waals surface area contributed by atoms with Crippen LogP contribution in [0.3, 0.4) is 0 Å². The standard InChI is InChI=1S/C14H23ClN2S/c1-2-17-10-3-4-12(8-11-17)16-9-7-13-5-6-14(15)18-13/h5-6,12,16H,2-4,7-11H2,1H3. The van der Waals surface area contributed by atoms with Crippen LogP contribution in [-0.2, 0) is 6.42 Å². The zero-order valence-electron chi connectivity index (χ0n) is 11.1. The molecule has 1 aliphatic rings. The fourth-order valence-electron chi connectivity index (χ4n) is 2.56. The quantitative estimate of drug-likeness (QED) is 0.892. The van der Waals surface area contributed by atoms with Gasteiger partial charge in [0.25, 0.3) is 0 Å². The predicted molar refractivity (Wildman–Crippen MR) is 80.8 cm³/mol. The number of nitrogens with zero attached hydrogens (tertiary/aromatic N) is 1. The van der Waals surface area contributed by atoms with Crippen LogP contribution in [0, 0.1) is 0 Å². The molecule has 1 aliphatic heterocycles. The van der Waals surface area contributed by atoms with E-state index in [0.29, 0.717) is 6.04 Å². The third kappa shape index (κ3) is 4.54. The van der Waals surface area contributed by atoms with Gasteiger partial charge in [0.05, 0.1) is 4.34 Å². The Kier molecular flexibility index (Phi) is 5.96. The van der Waals surface area contributed by atoms with E-state index in [1.165, 1.54) is 43.8 Å². The Morgan fingerprint density at radius 3 is 3.00 bits per heavy atom. The molecule has 0 bridgehead atoms. The van der Waals surface area contributed by atoms with Crippen LogP contribution in [0.15, 0.2) is 12.1 Å². The zero-order chi connectivity index (χ0) is 12.8. The number of halogens is 1. The second kappa shape index (κ2) is 7.49. The summed E-state index contributed by atoms with van der Waals surface area (Å²) in [6.07, 6.45) is 5.04. The summed E-state index contributed by atoms with van der Waals surface area (Å²) in [5, 5.41) is 3.70. The molecule has 1 unspecified atom stereocenters. The zero-order valence-corrected chi connectivity index (χ0v) is 12.7. The average Bonchev–Trinajstić information content (AvgIpc) is 2.65. The van der Waals surface area contributed by atoms with E-state index in [-0.39, 0.29) is 0 Å². The fraction of sp³-hybridized carbons (Fsp3) is 0.714. The molecule has 102 valence electrons. The van der Waals surface area contributed by atoms with E-state index in [1.54, 1.807) is 11.3 Å². The normalized spacial score (nSPS) is 22.0. The van der Waals surface area contributed by atoms with Crippen LogP contribution in [0.25, 0.3) is 0 Å². The molecule has 1 saturated heterocycles. The minimum absolute atomic E-state index is 0.706. The SMILES string of the molecule is CCN1CCCC(NCCc2ccc(Cl)s2)CC1. The minimum atomic E-state index is 0.706. The van der Waals surface area contributed by atoms with Crippen molar-refractivity contribution in [3.8, 4) is 0 Å². The molecule has 1 aromatic heterocycles. The van der Waals surface area contributed by atoms with Crippen LogP contribution in [0.2, 0.25) is 4.34 Å². The second-order valence-electron chi connectivity index (χ2n) is 4.97. The summed E-state index contributed by atoms with van der Waals surface area (Å²) in [6.45, 7) is 7.05. The van der Waals surface area contributed by atoms with Crippen molar-refractivity contribution in [3.63, 3.8) is 0 Å². The van der Waals surface area contributed by atoms with E-state index >= 15 is 0 Å². The molecule has 1 N–H and O–H groups in total. The van der Waals surface area contributed by atoms with Gasteiger partial charge in [-0.3, -0.25) is 0 Å². The van der Waals surface area contributed by atoms with Gasteiger partial charge < -0.3 is 10.2 Å². The fourth-order valence-corrected chi connectivity index (χ4v) is 3.65. The average molecular weight is 287 g/mol. The molecule has 0 amide bonds. The minimum Gasteiger partial charge on any atom is -0.314 e. The van der Waals surface area contributed by atoms with Crippen LogP contribution in [0.5, 0.6) is 0 Å². The Labute approximate surface area is 119 Å². The van der Waals surface area contributed by atoms with E-state index in [1.807, 2.05) is 6.07 Å². The first-order valence-corrected chi connectivity index (χ1v) is 8.17. The van der Waals surface area contributed by atoms with Gasteiger partial charge >= 0.3 is 0 Å². The number of likely N-dealkylation sites (tertiary alicyclic amines) is 1. The van der Waals surface area contributed by atoms with Crippen molar-refractivity contribution in [2.24, 2.45) is 0 Å². The van der Waals surface area contributed by atoms with Crippen molar-refractivity contribution in [2.45, 2.75) is 38.6 Å². The van der Waals surface area contributed by atoms with Gasteiger partial charge in [0.15, 0.2) is 0 Å². The molecule has 0 aliphatic carbocycles. The first-order valence-electron chi connectivity index (χ1n) is 6.98. The van der Waals surface area contributed by atoms with Crippen molar-refractivity contribution < 1.29 is 0 Å². The molecule has 2 nitrogen and oxygen atoms in total. The predicted octanol–water partition coefficient (Wildman–Crippen LogP) is 3.41. The van der Waals surface area contributed by atoms with Gasteiger partial charge in [-0.2, -0.15) is 0 Å². The Bertz CT molecular complexity index is 353. The summed E-state index contributed by atoms with van der Waals surface area (Å²) < 4.78 is 0.901. The number of hydrogen-bond donors (Lipinski definition) is 1. The maximum Gasteiger partial charge on any atom is 0.0931 e. The smallest absolute Gasteiger partial charge is 0.0931 e. The van der Waals surface area contributed by atoms with Gasteiger partial charge in [-0.05, 0) is 57.5 Å². The lowest BCUT2D eigenvalue weighted by molar-refractivity contribution is 0.297. The topological polar surface area (TPSA) is 15.3 Å². The first kappa shape index (κ1) is 14.3. The summed E-state index contributed by atoms with van der Waals surface area (Å²) in [7, 11) is 0. The van der Waals surface area contributed by atoms with E-state index in [0.717, 1.165) is 17.3 Å². The summed E-state index contributed by atoms with van der Waals surface area (Å²) >= 11 is 7.63. The maximum absolute atomic E-state index is 5.93. The Morgan fingerprint density at radius 1 is 1.39 bits per heavy atom. The molecule has 1 fully saturated rings. The highest BCUT2D eigenvalue weighted by atomic mass is 35.5. The molecule has 0 spiro atoms. The number of nitrogens with one attached hydrogen (secondary N) is 1. The van der Waals surface area contributed by atoms with Gasteiger partial charge in [-0.1, -0.05) is 18.5 Å². The van der Waals surface area contributed by atoms with Crippen molar-refractivity contribution in [1.29, 1.82) is 0 Å². The van der Waals surface area contributed by atoms with Crippen LogP contribution >= 0.6 is 22.9 Å². The van der Waals surface area contributed by atoms with Gasteiger partial charge in [0.1, 0.15) is 0 Å². The summed E-state index contributed by atoms with van der Waals surface area (Å²) in [4.78, 5) is 3.94. The van der Waals surface area contributed by atoms with Gasteiger partial charge in [0, 0.05) is 17.5 Å². The highest BCUT2D eigenvalue weighted by molar-refractivity contribution is 7.16. The monoisotopic (exact) mass is 286 g/mol. The summed E-state index contributed by atoms with van der Waals surface area (Å²) in [6, 6.07) is 4.84. The van der Waals surface area contributed by atoms with Gasteiger partial charge in [-0.15, -0.1) is 11.3 Å². The summed E-state index contributed by atoms with van der Waals surface area (Å²) in [5.74, 6) is 0. The lowest BCUT2D eigenvalue weighted by atomic mass is 10.1. The molecule has 2 rings (SSSR count). The molecule has 0 radical (unpaired) electrons. The third-order valence-electron chi connectivity index (χ3n) is 3.70. The largest absolute Gasteiger partial charge is 0.314 e. The summed E-state index contributed by atoms with van der Waals surface area (Å²) in [5.41, 5.74) is 0.